The number of methoxy groups -OCH3 is 1. The van der Waals surface area contributed by atoms with Crippen molar-refractivity contribution in [1.29, 1.82) is 0 Å². The molecule has 0 atom stereocenters. The molecule has 0 bridgehead atoms. The number of hydrogen-bond donors (Lipinski definition) is 3. The molecule has 162 valence electrons. The summed E-state index contributed by atoms with van der Waals surface area (Å²) in [4.78, 5) is 23.9. The highest BCUT2D eigenvalue weighted by molar-refractivity contribution is 5.95. The van der Waals surface area contributed by atoms with Crippen LogP contribution in [-0.2, 0) is 9.59 Å². The number of nitrogens with zero attached hydrogens (tertiary/aromatic N) is 2. The fourth-order valence-electron chi connectivity index (χ4n) is 3.25. The molecule has 8 nitrogen and oxygen atoms in total. The average molecular weight is 422 g/mol. The molecule has 0 radical (unpaired) electrons. The van der Waals surface area contributed by atoms with E-state index in [1.54, 1.807) is 25.3 Å². The van der Waals surface area contributed by atoms with Crippen LogP contribution in [0.1, 0.15) is 23.9 Å². The number of carbonyl (C=O) groups excluding carboxylic acids is 2. The van der Waals surface area contributed by atoms with E-state index < -0.39 is 0 Å². The molecule has 3 aromatic rings. The zero-order chi connectivity index (χ0) is 22.5. The van der Waals surface area contributed by atoms with Crippen molar-refractivity contribution in [3.05, 3.63) is 59.4 Å². The lowest BCUT2D eigenvalue weighted by Crippen LogP contribution is -2.22. The van der Waals surface area contributed by atoms with Crippen LogP contribution in [0.3, 0.4) is 0 Å². The van der Waals surface area contributed by atoms with Crippen molar-refractivity contribution in [2.24, 2.45) is 0 Å². The first-order valence-corrected chi connectivity index (χ1v) is 9.91. The summed E-state index contributed by atoms with van der Waals surface area (Å²) >= 11 is 0. The molecule has 0 aliphatic carbocycles. The Kier molecular flexibility index (Phi) is 6.59. The maximum Gasteiger partial charge on any atom is 0.243 e. The number of aryl methyl sites for hydroxylation is 2. The number of ether oxygens (including phenoxy) is 1. The highest BCUT2D eigenvalue weighted by Crippen LogP contribution is 2.28. The Morgan fingerprint density at radius 1 is 1.03 bits per heavy atom. The molecule has 0 aliphatic heterocycles. The van der Waals surface area contributed by atoms with Crippen molar-refractivity contribution in [2.75, 3.05) is 29.6 Å². The molecule has 1 aromatic heterocycles. The molecular weight excluding hydrogens is 394 g/mol. The smallest absolute Gasteiger partial charge is 0.243 e. The van der Waals surface area contributed by atoms with Gasteiger partial charge in [-0.3, -0.25) is 9.59 Å². The molecular formula is C23H27N5O3. The number of aromatic nitrogens is 2. The van der Waals surface area contributed by atoms with E-state index in [1.807, 2.05) is 49.7 Å². The van der Waals surface area contributed by atoms with Crippen LogP contribution >= 0.6 is 0 Å². The molecule has 0 fully saturated rings. The van der Waals surface area contributed by atoms with Crippen LogP contribution in [-0.4, -0.2) is 35.2 Å². The monoisotopic (exact) mass is 421 g/mol. The van der Waals surface area contributed by atoms with Crippen LogP contribution in [0.15, 0.2) is 42.5 Å². The Labute approximate surface area is 181 Å². The van der Waals surface area contributed by atoms with Gasteiger partial charge in [-0.2, -0.15) is 5.10 Å². The van der Waals surface area contributed by atoms with Crippen molar-refractivity contribution >= 4 is 28.9 Å². The Morgan fingerprint density at radius 3 is 2.39 bits per heavy atom. The summed E-state index contributed by atoms with van der Waals surface area (Å²) in [7, 11) is 1.55. The van der Waals surface area contributed by atoms with E-state index in [0.29, 0.717) is 22.8 Å². The molecule has 0 saturated carbocycles. The third-order valence-electron chi connectivity index (χ3n) is 4.79. The van der Waals surface area contributed by atoms with E-state index in [4.69, 9.17) is 4.74 Å². The molecule has 0 unspecified atom stereocenters. The second kappa shape index (κ2) is 9.34. The Bertz CT molecular complexity index is 1100. The second-order valence-corrected chi connectivity index (χ2v) is 7.29. The van der Waals surface area contributed by atoms with E-state index in [-0.39, 0.29) is 18.4 Å². The van der Waals surface area contributed by atoms with Crippen LogP contribution in [0.2, 0.25) is 0 Å². The minimum absolute atomic E-state index is 0.0223. The lowest BCUT2D eigenvalue weighted by molar-refractivity contribution is -0.115. The largest absolute Gasteiger partial charge is 0.495 e. The van der Waals surface area contributed by atoms with E-state index in [9.17, 15) is 9.59 Å². The zero-order valence-electron chi connectivity index (χ0n) is 18.4. The molecule has 31 heavy (non-hydrogen) atoms. The fourth-order valence-corrected chi connectivity index (χ4v) is 3.25. The van der Waals surface area contributed by atoms with Gasteiger partial charge in [-0.05, 0) is 51.1 Å². The zero-order valence-corrected chi connectivity index (χ0v) is 18.4. The number of hydrogen-bond acceptors (Lipinski definition) is 5. The highest BCUT2D eigenvalue weighted by atomic mass is 16.5. The van der Waals surface area contributed by atoms with E-state index in [0.717, 1.165) is 17.1 Å². The summed E-state index contributed by atoms with van der Waals surface area (Å²) in [6.45, 7) is 7.27. The van der Waals surface area contributed by atoms with Gasteiger partial charge in [0.2, 0.25) is 11.8 Å². The Hall–Kier alpha value is -3.81. The van der Waals surface area contributed by atoms with Gasteiger partial charge in [-0.25, -0.2) is 4.68 Å². The van der Waals surface area contributed by atoms with Crippen molar-refractivity contribution in [1.82, 2.24) is 9.78 Å². The number of carbonyl (C=O) groups is 2. The molecule has 0 saturated heterocycles. The summed E-state index contributed by atoms with van der Waals surface area (Å²) in [6.07, 6.45) is 0. The van der Waals surface area contributed by atoms with Gasteiger partial charge in [0.1, 0.15) is 5.75 Å². The number of nitrogens with one attached hydrogen (secondary N) is 3. The second-order valence-electron chi connectivity index (χ2n) is 7.29. The molecule has 2 aromatic carbocycles. The van der Waals surface area contributed by atoms with Crippen molar-refractivity contribution in [3.63, 3.8) is 0 Å². The molecule has 3 N–H and O–H groups in total. The van der Waals surface area contributed by atoms with Crippen molar-refractivity contribution < 1.29 is 14.3 Å². The van der Waals surface area contributed by atoms with Gasteiger partial charge in [0.15, 0.2) is 0 Å². The lowest BCUT2D eigenvalue weighted by Gasteiger charge is -2.13. The summed E-state index contributed by atoms with van der Waals surface area (Å²) in [6, 6.07) is 13.2. The number of anilines is 3. The van der Waals surface area contributed by atoms with Gasteiger partial charge >= 0.3 is 0 Å². The maximum atomic E-state index is 12.6. The fraction of sp³-hybridized carbons (Fsp3) is 0.261. The Morgan fingerprint density at radius 2 is 1.74 bits per heavy atom. The van der Waals surface area contributed by atoms with Crippen LogP contribution in [0.4, 0.5) is 17.1 Å². The topological polar surface area (TPSA) is 97.3 Å². The molecule has 3 rings (SSSR count). The van der Waals surface area contributed by atoms with Crippen LogP contribution in [0.5, 0.6) is 5.75 Å². The predicted octanol–water partition coefficient (Wildman–Crippen LogP) is 3.82. The number of rotatable bonds is 7. The third-order valence-corrected chi connectivity index (χ3v) is 4.79. The van der Waals surface area contributed by atoms with E-state index >= 15 is 0 Å². The molecule has 0 aliphatic rings. The van der Waals surface area contributed by atoms with Gasteiger partial charge < -0.3 is 20.7 Å². The third kappa shape index (κ3) is 5.22. The van der Waals surface area contributed by atoms with Gasteiger partial charge in [0.25, 0.3) is 0 Å². The molecule has 8 heteroatoms. The molecule has 2 amide bonds. The summed E-state index contributed by atoms with van der Waals surface area (Å²) in [5.74, 6) is 0.175. The minimum atomic E-state index is -0.221. The first kappa shape index (κ1) is 21.9. The summed E-state index contributed by atoms with van der Waals surface area (Å²) in [5, 5.41) is 13.3. The Balaban J connectivity index is 1.72. The summed E-state index contributed by atoms with van der Waals surface area (Å²) in [5.41, 5.74) is 5.59. The first-order chi connectivity index (χ1) is 14.8. The van der Waals surface area contributed by atoms with Crippen LogP contribution < -0.4 is 20.7 Å². The van der Waals surface area contributed by atoms with Crippen molar-refractivity contribution in [2.45, 2.75) is 27.7 Å². The standard InChI is InChI=1S/C23H27N5O3/c1-14-6-9-19(10-7-14)28-16(3)23(15(2)27-28)26-22(30)13-24-20-12-18(25-17(4)29)8-11-21(20)31-5/h6-12,24H,13H2,1-5H3,(H,25,29)(H,26,30). The van der Waals surface area contributed by atoms with Crippen LogP contribution in [0.25, 0.3) is 5.69 Å². The lowest BCUT2D eigenvalue weighted by atomic mass is 10.2. The highest BCUT2D eigenvalue weighted by Gasteiger charge is 2.16. The molecule has 1 heterocycles. The van der Waals surface area contributed by atoms with E-state index in [1.165, 1.54) is 12.5 Å². The van der Waals surface area contributed by atoms with Gasteiger partial charge in [0, 0.05) is 12.6 Å². The normalized spacial score (nSPS) is 10.5. The van der Waals surface area contributed by atoms with Gasteiger partial charge in [-0.15, -0.1) is 0 Å². The van der Waals surface area contributed by atoms with Gasteiger partial charge in [-0.1, -0.05) is 17.7 Å². The molecule has 0 spiro atoms. The quantitative estimate of drug-likeness (QED) is 0.539. The summed E-state index contributed by atoms with van der Waals surface area (Å²) < 4.78 is 7.15. The first-order valence-electron chi connectivity index (χ1n) is 9.91. The van der Waals surface area contributed by atoms with Crippen molar-refractivity contribution in [3.8, 4) is 11.4 Å². The SMILES string of the molecule is COc1ccc(NC(C)=O)cc1NCC(=O)Nc1c(C)nn(-c2ccc(C)cc2)c1C. The minimum Gasteiger partial charge on any atom is -0.495 e. The predicted molar refractivity (Wildman–Crippen MR) is 122 cm³/mol. The maximum absolute atomic E-state index is 12.6. The van der Waals surface area contributed by atoms with E-state index in [2.05, 4.69) is 21.0 Å². The average Bonchev–Trinajstić information content (AvgIpc) is 3.01. The van der Waals surface area contributed by atoms with Crippen LogP contribution in [0, 0.1) is 20.8 Å². The number of amides is 2. The van der Waals surface area contributed by atoms with Gasteiger partial charge in [0.05, 0.1) is 42.1 Å². The number of benzene rings is 2.